The number of hydrogen-bond donors (Lipinski definition) is 0. The molecule has 0 bridgehead atoms. The van der Waals surface area contributed by atoms with Crippen LogP contribution in [0, 0.1) is 6.92 Å². The van der Waals surface area contributed by atoms with Crippen LogP contribution in [0.1, 0.15) is 37.5 Å². The van der Waals surface area contributed by atoms with Crippen LogP contribution in [0.25, 0.3) is 16.8 Å². The summed E-state index contributed by atoms with van der Waals surface area (Å²) in [5, 5.41) is 0. The molecule has 0 saturated heterocycles. The highest BCUT2D eigenvalue weighted by Crippen LogP contribution is 2.34. The van der Waals surface area contributed by atoms with Crippen molar-refractivity contribution in [3.8, 4) is 11.3 Å². The van der Waals surface area contributed by atoms with Gasteiger partial charge in [-0.05, 0) is 44.9 Å². The summed E-state index contributed by atoms with van der Waals surface area (Å²) in [6.07, 6.45) is 1.71. The molecular formula is C18H20FN. The van der Waals surface area contributed by atoms with Gasteiger partial charge in [-0.1, -0.05) is 36.4 Å². The van der Waals surface area contributed by atoms with E-state index in [1.54, 1.807) is 32.2 Å². The Bertz CT molecular complexity index is 651. The summed E-state index contributed by atoms with van der Waals surface area (Å²) in [5.41, 5.74) is 4.08. The molecule has 0 N–H and O–H groups in total. The zero-order valence-corrected chi connectivity index (χ0v) is 12.5. The van der Waals surface area contributed by atoms with Crippen molar-refractivity contribution in [2.45, 2.75) is 33.4 Å². The molecular weight excluding hydrogens is 249 g/mol. The van der Waals surface area contributed by atoms with Gasteiger partial charge < -0.3 is 0 Å². The lowest BCUT2D eigenvalue weighted by Gasteiger charge is -2.19. The fourth-order valence-electron chi connectivity index (χ4n) is 2.29. The quantitative estimate of drug-likeness (QED) is 0.737. The smallest absolute Gasteiger partial charge is 0.132 e. The van der Waals surface area contributed by atoms with Gasteiger partial charge in [0.1, 0.15) is 5.67 Å². The number of aromatic nitrogens is 1. The van der Waals surface area contributed by atoms with E-state index < -0.39 is 5.67 Å². The zero-order chi connectivity index (χ0) is 14.9. The zero-order valence-electron chi connectivity index (χ0n) is 12.5. The minimum atomic E-state index is -1.41. The second-order valence-electron chi connectivity index (χ2n) is 5.68. The molecule has 0 saturated carbocycles. The summed E-state index contributed by atoms with van der Waals surface area (Å²) >= 11 is 0. The highest BCUT2D eigenvalue weighted by atomic mass is 19.1. The van der Waals surface area contributed by atoms with E-state index in [0.29, 0.717) is 11.3 Å². The van der Waals surface area contributed by atoms with E-state index in [0.717, 1.165) is 22.3 Å². The molecule has 2 rings (SSSR count). The van der Waals surface area contributed by atoms with Crippen molar-refractivity contribution in [1.82, 2.24) is 4.98 Å². The number of rotatable bonds is 3. The van der Waals surface area contributed by atoms with Gasteiger partial charge in [-0.2, -0.15) is 0 Å². The van der Waals surface area contributed by atoms with Crippen LogP contribution < -0.4 is 0 Å². The van der Waals surface area contributed by atoms with Crippen molar-refractivity contribution in [2.24, 2.45) is 0 Å². The Hall–Kier alpha value is -1.96. The van der Waals surface area contributed by atoms with Crippen molar-refractivity contribution in [1.29, 1.82) is 0 Å². The maximum absolute atomic E-state index is 14.4. The summed E-state index contributed by atoms with van der Waals surface area (Å²) in [4.78, 5) is 4.39. The van der Waals surface area contributed by atoms with Crippen molar-refractivity contribution >= 4 is 5.57 Å². The number of benzene rings is 1. The topological polar surface area (TPSA) is 12.9 Å². The van der Waals surface area contributed by atoms with Gasteiger partial charge in [-0.3, -0.25) is 4.98 Å². The second kappa shape index (κ2) is 5.20. The standard InChI is InChI=1S/C18H20FN/c1-12(2)14-8-9-15(13(3)11-14)17-16(18(4,5)19)7-6-10-20-17/h6-11H,1H2,2-5H3. The highest BCUT2D eigenvalue weighted by Gasteiger charge is 2.24. The molecule has 1 aromatic heterocycles. The largest absolute Gasteiger partial charge is 0.256 e. The van der Waals surface area contributed by atoms with Crippen molar-refractivity contribution < 1.29 is 4.39 Å². The van der Waals surface area contributed by atoms with Crippen LogP contribution in [-0.2, 0) is 5.67 Å². The lowest BCUT2D eigenvalue weighted by Crippen LogP contribution is -2.12. The third-order valence-corrected chi connectivity index (χ3v) is 3.42. The van der Waals surface area contributed by atoms with Crippen LogP contribution in [0.15, 0.2) is 43.1 Å². The summed E-state index contributed by atoms with van der Waals surface area (Å²) in [6, 6.07) is 9.65. The Kier molecular flexibility index (Phi) is 3.76. The van der Waals surface area contributed by atoms with Crippen LogP contribution >= 0.6 is 0 Å². The molecule has 1 aromatic carbocycles. The second-order valence-corrected chi connectivity index (χ2v) is 5.68. The van der Waals surface area contributed by atoms with Crippen LogP contribution in [-0.4, -0.2) is 4.98 Å². The number of aryl methyl sites for hydroxylation is 1. The minimum Gasteiger partial charge on any atom is -0.256 e. The van der Waals surface area contributed by atoms with E-state index in [4.69, 9.17) is 0 Å². The lowest BCUT2D eigenvalue weighted by atomic mass is 9.91. The maximum Gasteiger partial charge on any atom is 0.132 e. The Morgan fingerprint density at radius 2 is 1.95 bits per heavy atom. The molecule has 2 aromatic rings. The SMILES string of the molecule is C=C(C)c1ccc(-c2ncccc2C(C)(C)F)c(C)c1. The summed E-state index contributed by atoms with van der Waals surface area (Å²) in [7, 11) is 0. The Labute approximate surface area is 120 Å². The number of alkyl halides is 1. The predicted molar refractivity (Wildman–Crippen MR) is 83.3 cm³/mol. The van der Waals surface area contributed by atoms with E-state index in [-0.39, 0.29) is 0 Å². The summed E-state index contributed by atoms with van der Waals surface area (Å²) in [5.74, 6) is 0. The number of pyridine rings is 1. The minimum absolute atomic E-state index is 0.617. The Morgan fingerprint density at radius 1 is 1.25 bits per heavy atom. The molecule has 0 amide bonds. The van der Waals surface area contributed by atoms with E-state index in [9.17, 15) is 4.39 Å². The van der Waals surface area contributed by atoms with Crippen LogP contribution in [0.4, 0.5) is 4.39 Å². The normalized spacial score (nSPS) is 11.4. The third kappa shape index (κ3) is 2.79. The van der Waals surface area contributed by atoms with E-state index >= 15 is 0 Å². The van der Waals surface area contributed by atoms with Crippen LogP contribution in [0.2, 0.25) is 0 Å². The number of halogens is 1. The van der Waals surface area contributed by atoms with E-state index in [1.807, 2.05) is 26.0 Å². The van der Waals surface area contributed by atoms with Crippen molar-refractivity contribution in [3.63, 3.8) is 0 Å². The van der Waals surface area contributed by atoms with Crippen molar-refractivity contribution in [3.05, 3.63) is 59.8 Å². The number of allylic oxidation sites excluding steroid dienone is 1. The van der Waals surface area contributed by atoms with Gasteiger partial charge in [0, 0.05) is 17.3 Å². The first kappa shape index (κ1) is 14.4. The molecule has 2 heteroatoms. The third-order valence-electron chi connectivity index (χ3n) is 3.42. The van der Waals surface area contributed by atoms with E-state index in [1.165, 1.54) is 0 Å². The van der Waals surface area contributed by atoms with Crippen LogP contribution in [0.3, 0.4) is 0 Å². The van der Waals surface area contributed by atoms with Gasteiger partial charge in [0.2, 0.25) is 0 Å². The molecule has 0 spiro atoms. The van der Waals surface area contributed by atoms with Gasteiger partial charge in [-0.25, -0.2) is 4.39 Å². The first-order chi connectivity index (χ1) is 9.30. The lowest BCUT2D eigenvalue weighted by molar-refractivity contribution is 0.222. The van der Waals surface area contributed by atoms with Gasteiger partial charge in [0.05, 0.1) is 5.69 Å². The molecule has 0 fully saturated rings. The molecule has 0 unspecified atom stereocenters. The van der Waals surface area contributed by atoms with Crippen LogP contribution in [0.5, 0.6) is 0 Å². The molecule has 104 valence electrons. The maximum atomic E-state index is 14.4. The molecule has 0 aliphatic heterocycles. The monoisotopic (exact) mass is 269 g/mol. The van der Waals surface area contributed by atoms with Gasteiger partial charge in [0.25, 0.3) is 0 Å². The summed E-state index contributed by atoms with van der Waals surface area (Å²) in [6.45, 7) is 11.1. The Morgan fingerprint density at radius 3 is 2.50 bits per heavy atom. The Balaban J connectivity index is 2.61. The molecule has 20 heavy (non-hydrogen) atoms. The number of nitrogens with zero attached hydrogens (tertiary/aromatic N) is 1. The average molecular weight is 269 g/mol. The van der Waals surface area contributed by atoms with Gasteiger partial charge in [-0.15, -0.1) is 0 Å². The van der Waals surface area contributed by atoms with E-state index in [2.05, 4.69) is 17.6 Å². The van der Waals surface area contributed by atoms with Gasteiger partial charge in [0.15, 0.2) is 0 Å². The van der Waals surface area contributed by atoms with Crippen molar-refractivity contribution in [2.75, 3.05) is 0 Å². The first-order valence-electron chi connectivity index (χ1n) is 6.72. The first-order valence-corrected chi connectivity index (χ1v) is 6.72. The molecule has 0 atom stereocenters. The molecule has 0 aliphatic rings. The average Bonchev–Trinajstić information content (AvgIpc) is 2.37. The highest BCUT2D eigenvalue weighted by molar-refractivity contribution is 5.72. The molecule has 0 aliphatic carbocycles. The summed E-state index contributed by atoms with van der Waals surface area (Å²) < 4.78 is 14.4. The fraction of sp³-hybridized carbons (Fsp3) is 0.278. The molecule has 1 nitrogen and oxygen atoms in total. The predicted octanol–water partition coefficient (Wildman–Crippen LogP) is 5.29. The number of hydrogen-bond acceptors (Lipinski definition) is 1. The van der Waals surface area contributed by atoms with Gasteiger partial charge >= 0.3 is 0 Å². The fourth-order valence-corrected chi connectivity index (χ4v) is 2.29. The molecule has 1 heterocycles. The molecule has 0 radical (unpaired) electrons.